The number of rotatable bonds is 26. The number of ether oxygens (including phenoxy) is 5. The van der Waals surface area contributed by atoms with Crippen LogP contribution in [0, 0.1) is 0 Å². The predicted octanol–water partition coefficient (Wildman–Crippen LogP) is 14.6. The van der Waals surface area contributed by atoms with Gasteiger partial charge in [0.15, 0.2) is 0 Å². The number of nitrogens with two attached hydrogens (primary N) is 3. The number of carbonyl (C=O) groups is 3. The smallest absolute Gasteiger partial charge is 0.870 e. The first-order valence-corrected chi connectivity index (χ1v) is 35.7. The Morgan fingerprint density at radius 3 is 1.19 bits per heavy atom. The summed E-state index contributed by atoms with van der Waals surface area (Å²) in [7, 11) is -0.537. The standard InChI is InChI=1S/C27H27NO4.C25H29BO6.C25H23NO4.C8H10BrN.2CH4.Li.H2O/c1-2-30-26(29)17-22-7-3-4-9-25(22)32-18-20-15-23-11-13-31-27(23)24(16-20)21-8-5-6-19(14-21)10-12-28;1-6-28-22(27)15-18-9-7-8-10-21(18)30-16-17-13-19-11-12-29-23(19)20(14-17)26-31-24(2,3)25(4,5)32-26;26-10-8-17-4-3-6-19(12-17)22-14-18(13-21-9-11-29-25(21)22)16-30-23-7-2-1-5-20(23)15-24(27)28;9-8-3-1-2-7(6-8)4-5-10;;;;/h3-9,11,13-16H,2,10,12,17-18,28H2,1H3;7-14H,6,15-16H2,1-5H3;1-7,9,11-14H,8,10,15-16,26H2,(H,27,28);1-3,6H,4-5,10H2;2*1H4;;1H2/q;;;;;;+1;/p-1. The Bertz CT molecular complexity index is 4840. The number of carboxylic acid groups (broad SMARTS) is 1. The van der Waals surface area contributed by atoms with E-state index in [1.807, 2.05) is 149 Å². The zero-order valence-electron chi connectivity index (χ0n) is 61.1. The monoisotopic (exact) mass is 1520 g/mol. The molecule has 0 radical (unpaired) electrons. The van der Waals surface area contributed by atoms with Crippen LogP contribution in [0.3, 0.4) is 0 Å². The molecule has 0 aliphatic carbocycles. The van der Waals surface area contributed by atoms with Gasteiger partial charge in [-0.25, -0.2) is 0 Å². The van der Waals surface area contributed by atoms with Crippen LogP contribution in [0.25, 0.3) is 55.2 Å². The summed E-state index contributed by atoms with van der Waals surface area (Å²) in [6.45, 7) is 15.4. The molecule has 8 N–H and O–H groups in total. The number of esters is 2. The van der Waals surface area contributed by atoms with Crippen LogP contribution in [0.1, 0.15) is 106 Å². The minimum absolute atomic E-state index is 0. The van der Waals surface area contributed by atoms with Gasteiger partial charge < -0.3 is 74.0 Å². The topological polar surface area (TPSA) is 284 Å². The van der Waals surface area contributed by atoms with Crippen LogP contribution in [0.4, 0.5) is 0 Å². The van der Waals surface area contributed by atoms with Crippen LogP contribution in [0.15, 0.2) is 237 Å². The van der Waals surface area contributed by atoms with Crippen molar-refractivity contribution in [2.75, 3.05) is 32.8 Å². The summed E-state index contributed by atoms with van der Waals surface area (Å²) >= 11 is 3.39. The van der Waals surface area contributed by atoms with Crippen LogP contribution in [-0.4, -0.2) is 79.7 Å². The number of benzene rings is 9. The SMILES string of the molecule is C.C.CCOC(=O)Cc1ccccc1OCc1cc(-c2cccc(CCN)c2)c2occc2c1.CCOC(=O)Cc1ccccc1OCc1cc(B2OC(C)(C)C(C)(C)O2)c2occc2c1.NCCc1cccc(-c2cc(COc3ccccc3CC(=O)O)cc3ccoc23)c1.NCCc1cccc(Br)c1.[Li+].[OH-]. The van der Waals surface area contributed by atoms with Crippen molar-refractivity contribution in [3.8, 4) is 39.5 Å². The Kier molecular flexibility index (Phi) is 34.1. The third-order valence-corrected chi connectivity index (χ3v) is 18.2. The van der Waals surface area contributed by atoms with E-state index in [9.17, 15) is 14.4 Å². The van der Waals surface area contributed by atoms with E-state index in [0.717, 1.165) is 119 Å². The van der Waals surface area contributed by atoms with Gasteiger partial charge in [0.25, 0.3) is 0 Å². The quantitative estimate of drug-likeness (QED) is 0.0289. The first-order valence-electron chi connectivity index (χ1n) is 34.9. The van der Waals surface area contributed by atoms with E-state index in [4.69, 9.17) is 68.6 Å². The molecule has 562 valence electrons. The second kappa shape index (κ2) is 42.2. The molecule has 18 nitrogen and oxygen atoms in total. The molecule has 0 unspecified atom stereocenters. The summed E-state index contributed by atoms with van der Waals surface area (Å²) in [5.74, 6) is 0.503. The molecule has 12 aromatic rings. The van der Waals surface area contributed by atoms with Crippen LogP contribution >= 0.6 is 15.9 Å². The summed E-state index contributed by atoms with van der Waals surface area (Å²) in [6.07, 6.45) is 7.94. The number of hydrogen-bond donors (Lipinski definition) is 4. The molecule has 13 rings (SSSR count). The molecule has 0 atom stereocenters. The van der Waals surface area contributed by atoms with Crippen molar-refractivity contribution in [1.82, 2.24) is 0 Å². The Hall–Kier alpha value is -9.69. The maximum atomic E-state index is 11.9. The fraction of sp³-hybridized carbons (Fsp3) is 0.276. The van der Waals surface area contributed by atoms with Gasteiger partial charge in [-0.05, 0) is 204 Å². The number of fused-ring (bicyclic) bond motifs is 3. The molecule has 1 fully saturated rings. The molecule has 9 aromatic carbocycles. The number of para-hydroxylation sites is 3. The zero-order valence-corrected chi connectivity index (χ0v) is 62.7. The molecule has 0 spiro atoms. The molecule has 1 aliphatic heterocycles. The number of furan rings is 3. The molecule has 0 saturated carbocycles. The maximum Gasteiger partial charge on any atom is 1.00 e. The van der Waals surface area contributed by atoms with Crippen molar-refractivity contribution in [1.29, 1.82) is 0 Å². The molecular formula is C87H98BBrLiN3O15. The summed E-state index contributed by atoms with van der Waals surface area (Å²) in [5.41, 5.74) is 32.2. The maximum absolute atomic E-state index is 11.9. The van der Waals surface area contributed by atoms with E-state index in [1.165, 1.54) is 16.7 Å². The van der Waals surface area contributed by atoms with Crippen molar-refractivity contribution in [2.45, 2.75) is 126 Å². The van der Waals surface area contributed by atoms with Crippen LogP contribution in [-0.2, 0) is 91.5 Å². The molecule has 4 heterocycles. The Morgan fingerprint density at radius 2 is 0.806 bits per heavy atom. The van der Waals surface area contributed by atoms with Crippen molar-refractivity contribution in [3.05, 3.63) is 274 Å². The molecule has 1 saturated heterocycles. The van der Waals surface area contributed by atoms with Gasteiger partial charge in [-0.2, -0.15) is 0 Å². The van der Waals surface area contributed by atoms with E-state index >= 15 is 0 Å². The number of halogens is 1. The van der Waals surface area contributed by atoms with E-state index in [2.05, 4.69) is 82.7 Å². The first-order chi connectivity index (χ1) is 50.3. The normalized spacial score (nSPS) is 12.2. The average molecular weight is 1520 g/mol. The fourth-order valence-electron chi connectivity index (χ4n) is 12.0. The van der Waals surface area contributed by atoms with Gasteiger partial charge in [0, 0.05) is 53.9 Å². The van der Waals surface area contributed by atoms with Gasteiger partial charge in [0.1, 0.15) is 53.8 Å². The molecule has 21 heteroatoms. The number of aliphatic carboxylic acids is 1. The third-order valence-electron chi connectivity index (χ3n) is 17.8. The third kappa shape index (κ3) is 23.7. The largest absolute Gasteiger partial charge is 1.00 e. The van der Waals surface area contributed by atoms with Gasteiger partial charge in [-0.3, -0.25) is 14.4 Å². The van der Waals surface area contributed by atoms with Gasteiger partial charge in [-0.15, -0.1) is 0 Å². The van der Waals surface area contributed by atoms with E-state index < -0.39 is 24.3 Å². The zero-order chi connectivity index (χ0) is 73.6. The van der Waals surface area contributed by atoms with Gasteiger partial charge in [0.05, 0.1) is 62.5 Å². The minimum Gasteiger partial charge on any atom is -0.870 e. The van der Waals surface area contributed by atoms with Gasteiger partial charge in [0.2, 0.25) is 0 Å². The van der Waals surface area contributed by atoms with E-state index in [-0.39, 0.29) is 70.4 Å². The Balaban J connectivity index is 0.000000233. The second-order valence-corrected chi connectivity index (χ2v) is 26.9. The molecule has 1 aliphatic rings. The van der Waals surface area contributed by atoms with Crippen LogP contribution < -0.4 is 55.7 Å². The van der Waals surface area contributed by atoms with Crippen molar-refractivity contribution in [3.63, 3.8) is 0 Å². The molecular weight excluding hydrogens is 1420 g/mol. The predicted molar refractivity (Wildman–Crippen MR) is 427 cm³/mol. The van der Waals surface area contributed by atoms with E-state index in [0.29, 0.717) is 68.9 Å². The van der Waals surface area contributed by atoms with Crippen molar-refractivity contribution in [2.24, 2.45) is 17.2 Å². The van der Waals surface area contributed by atoms with Crippen LogP contribution in [0.5, 0.6) is 17.2 Å². The van der Waals surface area contributed by atoms with Gasteiger partial charge in [-0.1, -0.05) is 152 Å². The van der Waals surface area contributed by atoms with Crippen LogP contribution in [0.2, 0.25) is 0 Å². The summed E-state index contributed by atoms with van der Waals surface area (Å²) < 4.78 is 59.3. The average Bonchev–Trinajstić information content (AvgIpc) is 1.61. The summed E-state index contributed by atoms with van der Waals surface area (Å²) in [6, 6.07) is 65.3. The number of carboxylic acids is 1. The van der Waals surface area contributed by atoms with Crippen molar-refractivity contribution >= 4 is 79.3 Å². The Morgan fingerprint density at radius 1 is 0.444 bits per heavy atom. The van der Waals surface area contributed by atoms with Gasteiger partial charge >= 0.3 is 43.9 Å². The number of carbonyl (C=O) groups excluding carboxylic acids is 2. The molecule has 0 bridgehead atoms. The van der Waals surface area contributed by atoms with Crippen molar-refractivity contribution < 1.29 is 90.1 Å². The number of hydrogen-bond acceptors (Lipinski definition) is 17. The minimum atomic E-state index is -0.884. The van der Waals surface area contributed by atoms with E-state index in [1.54, 1.807) is 44.8 Å². The Labute approximate surface area is 654 Å². The molecule has 3 aromatic heterocycles. The summed E-state index contributed by atoms with van der Waals surface area (Å²) in [4.78, 5) is 35.0. The molecule has 108 heavy (non-hydrogen) atoms. The second-order valence-electron chi connectivity index (χ2n) is 25.9. The summed E-state index contributed by atoms with van der Waals surface area (Å²) in [5, 5.41) is 12.1. The first kappa shape index (κ1) is 87.2. The fourth-order valence-corrected chi connectivity index (χ4v) is 12.5. The molecule has 0 amide bonds.